The summed E-state index contributed by atoms with van der Waals surface area (Å²) in [5.74, 6) is 0.0119. The second kappa shape index (κ2) is 6.71. The molecule has 7 nitrogen and oxygen atoms in total. The Hall–Kier alpha value is -1.60. The molecule has 2 atom stereocenters. The molecule has 1 fully saturated rings. The van der Waals surface area contributed by atoms with Gasteiger partial charge in [0.25, 0.3) is 5.91 Å². The summed E-state index contributed by atoms with van der Waals surface area (Å²) in [7, 11) is 0. The van der Waals surface area contributed by atoms with Gasteiger partial charge in [0, 0.05) is 6.54 Å². The average Bonchev–Trinajstić information content (AvgIpc) is 2.96. The molecule has 2 rings (SSSR count). The lowest BCUT2D eigenvalue weighted by molar-refractivity contribution is -0.126. The smallest absolute Gasteiger partial charge is 0.255 e. The summed E-state index contributed by atoms with van der Waals surface area (Å²) in [6, 6.07) is 0. The topological polar surface area (TPSA) is 103 Å². The standard InChI is InChI=1S/C13H21N5O2/c1-3-9-10(4-2)17-18-13(15-9)16-12(19)11-6-5-8(7-14)20-11/h8,11H,3-7,14H2,1-2H3,(H,15,16,18,19). The molecule has 0 spiro atoms. The molecule has 7 heteroatoms. The molecule has 0 radical (unpaired) electrons. The fourth-order valence-corrected chi connectivity index (χ4v) is 2.25. The van der Waals surface area contributed by atoms with Gasteiger partial charge in [-0.2, -0.15) is 0 Å². The predicted molar refractivity (Wildman–Crippen MR) is 74.2 cm³/mol. The molecular weight excluding hydrogens is 258 g/mol. The fourth-order valence-electron chi connectivity index (χ4n) is 2.25. The van der Waals surface area contributed by atoms with Gasteiger partial charge in [0.05, 0.1) is 17.5 Å². The number of anilines is 1. The Kier molecular flexibility index (Phi) is 4.97. The number of nitrogens with one attached hydrogen (secondary N) is 1. The van der Waals surface area contributed by atoms with E-state index in [2.05, 4.69) is 20.5 Å². The average molecular weight is 279 g/mol. The third-order valence-electron chi connectivity index (χ3n) is 3.41. The summed E-state index contributed by atoms with van der Waals surface area (Å²) in [5, 5.41) is 10.7. The summed E-state index contributed by atoms with van der Waals surface area (Å²) in [5.41, 5.74) is 7.26. The van der Waals surface area contributed by atoms with Gasteiger partial charge in [-0.3, -0.25) is 10.1 Å². The molecule has 0 saturated carbocycles. The molecule has 1 saturated heterocycles. The van der Waals surface area contributed by atoms with Crippen LogP contribution in [-0.4, -0.2) is 39.8 Å². The van der Waals surface area contributed by atoms with Gasteiger partial charge in [0.15, 0.2) is 0 Å². The first-order chi connectivity index (χ1) is 9.67. The monoisotopic (exact) mass is 279 g/mol. The van der Waals surface area contributed by atoms with Crippen LogP contribution < -0.4 is 11.1 Å². The van der Waals surface area contributed by atoms with E-state index in [0.717, 1.165) is 30.7 Å². The van der Waals surface area contributed by atoms with Gasteiger partial charge >= 0.3 is 0 Å². The van der Waals surface area contributed by atoms with Crippen molar-refractivity contribution in [1.29, 1.82) is 0 Å². The number of hydrogen-bond acceptors (Lipinski definition) is 6. The van der Waals surface area contributed by atoms with Crippen molar-refractivity contribution in [3.8, 4) is 0 Å². The number of aryl methyl sites for hydroxylation is 2. The minimum Gasteiger partial charge on any atom is -0.364 e. The van der Waals surface area contributed by atoms with E-state index >= 15 is 0 Å². The Labute approximate surface area is 118 Å². The molecule has 1 aromatic rings. The first kappa shape index (κ1) is 14.8. The van der Waals surface area contributed by atoms with Crippen LogP contribution in [0.15, 0.2) is 0 Å². The molecule has 0 bridgehead atoms. The maximum Gasteiger partial charge on any atom is 0.255 e. The van der Waals surface area contributed by atoms with Crippen LogP contribution in [0.1, 0.15) is 38.1 Å². The van der Waals surface area contributed by atoms with Gasteiger partial charge in [-0.1, -0.05) is 13.8 Å². The molecule has 1 amide bonds. The molecule has 1 aliphatic heterocycles. The van der Waals surface area contributed by atoms with E-state index in [1.807, 2.05) is 13.8 Å². The Morgan fingerprint density at radius 1 is 1.30 bits per heavy atom. The zero-order chi connectivity index (χ0) is 14.5. The number of carbonyl (C=O) groups excluding carboxylic acids is 1. The maximum atomic E-state index is 12.0. The van der Waals surface area contributed by atoms with Crippen molar-refractivity contribution >= 4 is 11.9 Å². The highest BCUT2D eigenvalue weighted by molar-refractivity contribution is 5.92. The van der Waals surface area contributed by atoms with Gasteiger partial charge in [-0.05, 0) is 25.7 Å². The number of nitrogens with zero attached hydrogens (tertiary/aromatic N) is 3. The molecule has 110 valence electrons. The second-order valence-corrected chi connectivity index (χ2v) is 4.78. The molecule has 0 aliphatic carbocycles. The fraction of sp³-hybridized carbons (Fsp3) is 0.692. The third kappa shape index (κ3) is 3.29. The summed E-state index contributed by atoms with van der Waals surface area (Å²) in [6.07, 6.45) is 2.52. The Morgan fingerprint density at radius 2 is 2.05 bits per heavy atom. The largest absolute Gasteiger partial charge is 0.364 e. The molecule has 1 aromatic heterocycles. The maximum absolute atomic E-state index is 12.0. The first-order valence-electron chi connectivity index (χ1n) is 7.06. The lowest BCUT2D eigenvalue weighted by Gasteiger charge is -2.12. The van der Waals surface area contributed by atoms with E-state index in [1.54, 1.807) is 0 Å². The highest BCUT2D eigenvalue weighted by Crippen LogP contribution is 2.19. The van der Waals surface area contributed by atoms with Gasteiger partial charge in [0.2, 0.25) is 5.95 Å². The number of carbonyl (C=O) groups is 1. The molecule has 3 N–H and O–H groups in total. The van der Waals surface area contributed by atoms with Crippen LogP contribution in [0, 0.1) is 0 Å². The van der Waals surface area contributed by atoms with Crippen LogP contribution in [0.4, 0.5) is 5.95 Å². The zero-order valence-electron chi connectivity index (χ0n) is 11.9. The Morgan fingerprint density at radius 3 is 2.65 bits per heavy atom. The second-order valence-electron chi connectivity index (χ2n) is 4.78. The summed E-state index contributed by atoms with van der Waals surface area (Å²) in [4.78, 5) is 16.4. The zero-order valence-corrected chi connectivity index (χ0v) is 11.9. The lowest BCUT2D eigenvalue weighted by Crippen LogP contribution is -2.30. The van der Waals surface area contributed by atoms with Crippen LogP contribution >= 0.6 is 0 Å². The van der Waals surface area contributed by atoms with E-state index in [4.69, 9.17) is 10.5 Å². The quantitative estimate of drug-likeness (QED) is 0.810. The minimum atomic E-state index is -0.469. The van der Waals surface area contributed by atoms with E-state index in [1.165, 1.54) is 0 Å². The van der Waals surface area contributed by atoms with Crippen LogP contribution in [0.5, 0.6) is 0 Å². The molecule has 2 heterocycles. The van der Waals surface area contributed by atoms with E-state index in [9.17, 15) is 4.79 Å². The molecule has 20 heavy (non-hydrogen) atoms. The van der Waals surface area contributed by atoms with Crippen LogP contribution in [-0.2, 0) is 22.4 Å². The predicted octanol–water partition coefficient (Wildman–Crippen LogP) is 0.441. The van der Waals surface area contributed by atoms with Crippen molar-refractivity contribution in [3.05, 3.63) is 11.4 Å². The van der Waals surface area contributed by atoms with Gasteiger partial charge in [-0.25, -0.2) is 4.98 Å². The molecular formula is C13H21N5O2. The number of nitrogens with two attached hydrogens (primary N) is 1. The number of rotatable bonds is 5. The summed E-state index contributed by atoms with van der Waals surface area (Å²) < 4.78 is 5.53. The SMILES string of the molecule is CCc1nnc(NC(=O)C2CCC(CN)O2)nc1CC. The third-order valence-corrected chi connectivity index (χ3v) is 3.41. The van der Waals surface area contributed by atoms with Crippen LogP contribution in [0.3, 0.4) is 0 Å². The van der Waals surface area contributed by atoms with Gasteiger partial charge < -0.3 is 10.5 Å². The summed E-state index contributed by atoms with van der Waals surface area (Å²) >= 11 is 0. The number of ether oxygens (including phenoxy) is 1. The van der Waals surface area contributed by atoms with E-state index in [-0.39, 0.29) is 18.0 Å². The highest BCUT2D eigenvalue weighted by atomic mass is 16.5. The highest BCUT2D eigenvalue weighted by Gasteiger charge is 2.30. The van der Waals surface area contributed by atoms with Gasteiger partial charge in [0.1, 0.15) is 6.10 Å². The Balaban J connectivity index is 2.01. The Bertz CT molecular complexity index is 480. The van der Waals surface area contributed by atoms with Crippen molar-refractivity contribution in [1.82, 2.24) is 15.2 Å². The van der Waals surface area contributed by atoms with Crippen molar-refractivity contribution in [2.75, 3.05) is 11.9 Å². The van der Waals surface area contributed by atoms with Gasteiger partial charge in [-0.15, -0.1) is 10.2 Å². The normalized spacial score (nSPS) is 21.9. The van der Waals surface area contributed by atoms with Crippen molar-refractivity contribution in [2.24, 2.45) is 5.73 Å². The minimum absolute atomic E-state index is 0.0292. The van der Waals surface area contributed by atoms with Crippen LogP contribution in [0.2, 0.25) is 0 Å². The van der Waals surface area contributed by atoms with Crippen molar-refractivity contribution in [3.63, 3.8) is 0 Å². The first-order valence-corrected chi connectivity index (χ1v) is 7.06. The van der Waals surface area contributed by atoms with Crippen LogP contribution in [0.25, 0.3) is 0 Å². The number of hydrogen-bond donors (Lipinski definition) is 2. The number of amides is 1. The molecule has 2 unspecified atom stereocenters. The lowest BCUT2D eigenvalue weighted by atomic mass is 10.2. The van der Waals surface area contributed by atoms with E-state index < -0.39 is 6.10 Å². The van der Waals surface area contributed by atoms with Crippen molar-refractivity contribution < 1.29 is 9.53 Å². The molecule has 0 aromatic carbocycles. The molecule has 1 aliphatic rings. The summed E-state index contributed by atoms with van der Waals surface area (Å²) in [6.45, 7) is 4.44. The number of aromatic nitrogens is 3. The van der Waals surface area contributed by atoms with Crippen molar-refractivity contribution in [2.45, 2.75) is 51.7 Å². The van der Waals surface area contributed by atoms with E-state index in [0.29, 0.717) is 13.0 Å².